The van der Waals surface area contributed by atoms with Crippen LogP contribution in [0.15, 0.2) is 36.8 Å². The fraction of sp³-hybridized carbons (Fsp3) is 0.250. The second kappa shape index (κ2) is 6.37. The lowest BCUT2D eigenvalue weighted by Gasteiger charge is -2.05. The van der Waals surface area contributed by atoms with Crippen molar-refractivity contribution in [3.05, 3.63) is 42.4 Å². The molecule has 0 fully saturated rings. The molecule has 0 saturated carbocycles. The van der Waals surface area contributed by atoms with Gasteiger partial charge in [-0.05, 0) is 24.6 Å². The highest BCUT2D eigenvalue weighted by Crippen LogP contribution is 2.32. The topological polar surface area (TPSA) is 68.8 Å². The van der Waals surface area contributed by atoms with Gasteiger partial charge in [-0.2, -0.15) is 0 Å². The Morgan fingerprint density at radius 3 is 3.00 bits per heavy atom. The Hall–Kier alpha value is -2.05. The maximum Gasteiger partial charge on any atom is 0.145 e. The van der Waals surface area contributed by atoms with Gasteiger partial charge in [0.15, 0.2) is 0 Å². The third-order valence-electron chi connectivity index (χ3n) is 3.66. The summed E-state index contributed by atoms with van der Waals surface area (Å²) in [7, 11) is 3.92. The Balaban J connectivity index is 2.03. The fourth-order valence-electron chi connectivity index (χ4n) is 2.62. The van der Waals surface area contributed by atoms with Gasteiger partial charge in [0.05, 0.1) is 5.39 Å². The number of fused-ring (bicyclic) bond motifs is 1. The Bertz CT molecular complexity index is 796. The maximum absolute atomic E-state index is 6.07. The van der Waals surface area contributed by atoms with E-state index in [0.29, 0.717) is 5.82 Å². The van der Waals surface area contributed by atoms with Gasteiger partial charge in [-0.15, -0.1) is 0 Å². The van der Waals surface area contributed by atoms with Crippen LogP contribution in [-0.4, -0.2) is 27.3 Å². The zero-order chi connectivity index (χ0) is 15.5. The zero-order valence-electron chi connectivity index (χ0n) is 12.7. The van der Waals surface area contributed by atoms with Gasteiger partial charge in [0.2, 0.25) is 0 Å². The quantitative estimate of drug-likeness (QED) is 0.560. The van der Waals surface area contributed by atoms with E-state index < -0.39 is 0 Å². The molecular weight excluding hydrogens is 294 g/mol. The minimum Gasteiger partial charge on any atom is -0.383 e. The molecule has 0 saturated heterocycles. The first-order valence-corrected chi connectivity index (χ1v) is 8.12. The highest BCUT2D eigenvalue weighted by atomic mass is 32.2. The number of hydrogen-bond donors (Lipinski definition) is 2. The van der Waals surface area contributed by atoms with E-state index in [1.54, 1.807) is 11.9 Å². The molecule has 3 N–H and O–H groups in total. The first kappa shape index (κ1) is 14.9. The van der Waals surface area contributed by atoms with Crippen molar-refractivity contribution in [1.29, 1.82) is 0 Å². The number of rotatable bonds is 5. The molecule has 0 aliphatic heterocycles. The molecule has 0 radical (unpaired) electrons. The lowest BCUT2D eigenvalue weighted by Crippen LogP contribution is -1.97. The van der Waals surface area contributed by atoms with Crippen LogP contribution in [0.1, 0.15) is 5.56 Å². The van der Waals surface area contributed by atoms with Crippen LogP contribution in [0.5, 0.6) is 0 Å². The first-order chi connectivity index (χ1) is 10.7. The first-order valence-electron chi connectivity index (χ1n) is 7.14. The summed E-state index contributed by atoms with van der Waals surface area (Å²) in [5.41, 5.74) is 10.5. The average molecular weight is 313 g/mol. The second-order valence-electron chi connectivity index (χ2n) is 5.11. The number of nitrogens with two attached hydrogens (primary N) is 1. The standard InChI is InChI=1S/C16H19N5S/c1-18-22-7-6-11-4-3-5-12(8-11)13-9-21(2)16-14(13)15(17)19-10-20-16/h3-5,8-10,18H,6-7H2,1-2H3,(H2,17,19,20). The van der Waals surface area contributed by atoms with Gasteiger partial charge >= 0.3 is 0 Å². The summed E-state index contributed by atoms with van der Waals surface area (Å²) in [4.78, 5) is 8.46. The summed E-state index contributed by atoms with van der Waals surface area (Å²) in [6.45, 7) is 0. The molecule has 3 rings (SSSR count). The molecular formula is C16H19N5S. The predicted octanol–water partition coefficient (Wildman–Crippen LogP) is 2.63. The molecule has 0 unspecified atom stereocenters. The van der Waals surface area contributed by atoms with Crippen molar-refractivity contribution in [1.82, 2.24) is 19.3 Å². The van der Waals surface area contributed by atoms with E-state index in [4.69, 9.17) is 5.73 Å². The van der Waals surface area contributed by atoms with Crippen molar-refractivity contribution in [3.8, 4) is 11.1 Å². The molecule has 2 aromatic heterocycles. The number of nitrogens with one attached hydrogen (secondary N) is 1. The highest BCUT2D eigenvalue weighted by Gasteiger charge is 2.13. The van der Waals surface area contributed by atoms with Gasteiger partial charge in [0.25, 0.3) is 0 Å². The van der Waals surface area contributed by atoms with Crippen LogP contribution < -0.4 is 10.5 Å². The van der Waals surface area contributed by atoms with E-state index >= 15 is 0 Å². The van der Waals surface area contributed by atoms with Crippen LogP contribution in [0, 0.1) is 0 Å². The number of nitrogen functional groups attached to an aromatic ring is 1. The number of benzene rings is 1. The number of anilines is 1. The number of nitrogens with zero attached hydrogens (tertiary/aromatic N) is 3. The van der Waals surface area contributed by atoms with Gasteiger partial charge in [0.1, 0.15) is 17.8 Å². The van der Waals surface area contributed by atoms with Crippen LogP contribution in [0.25, 0.3) is 22.2 Å². The van der Waals surface area contributed by atoms with Crippen LogP contribution in [0.2, 0.25) is 0 Å². The van der Waals surface area contributed by atoms with Crippen molar-refractivity contribution in [2.75, 3.05) is 18.5 Å². The molecule has 114 valence electrons. The van der Waals surface area contributed by atoms with Crippen molar-refractivity contribution < 1.29 is 0 Å². The van der Waals surface area contributed by atoms with Gasteiger partial charge in [0, 0.05) is 24.6 Å². The lowest BCUT2D eigenvalue weighted by molar-refractivity contribution is 0.945. The summed E-state index contributed by atoms with van der Waals surface area (Å²) in [6, 6.07) is 8.57. The molecule has 2 heterocycles. The van der Waals surface area contributed by atoms with E-state index in [-0.39, 0.29) is 0 Å². The summed E-state index contributed by atoms with van der Waals surface area (Å²) in [6.07, 6.45) is 4.60. The summed E-state index contributed by atoms with van der Waals surface area (Å²) >= 11 is 1.72. The molecule has 0 bridgehead atoms. The Morgan fingerprint density at radius 1 is 1.32 bits per heavy atom. The van der Waals surface area contributed by atoms with E-state index in [1.165, 1.54) is 11.9 Å². The molecule has 0 spiro atoms. The molecule has 5 nitrogen and oxygen atoms in total. The van der Waals surface area contributed by atoms with Crippen LogP contribution in [0.4, 0.5) is 5.82 Å². The van der Waals surface area contributed by atoms with E-state index in [0.717, 1.165) is 34.3 Å². The molecule has 22 heavy (non-hydrogen) atoms. The molecule has 0 aliphatic rings. The van der Waals surface area contributed by atoms with Crippen molar-refractivity contribution in [3.63, 3.8) is 0 Å². The molecule has 1 aromatic carbocycles. The minimum absolute atomic E-state index is 0.525. The Morgan fingerprint density at radius 2 is 2.18 bits per heavy atom. The average Bonchev–Trinajstić information content (AvgIpc) is 2.87. The van der Waals surface area contributed by atoms with Crippen LogP contribution in [0.3, 0.4) is 0 Å². The summed E-state index contributed by atoms with van der Waals surface area (Å²) in [5, 5.41) is 0.923. The van der Waals surface area contributed by atoms with E-state index in [2.05, 4.69) is 45.2 Å². The van der Waals surface area contributed by atoms with Gasteiger partial charge in [-0.3, -0.25) is 4.72 Å². The number of hydrogen-bond acceptors (Lipinski definition) is 5. The molecule has 3 aromatic rings. The molecule has 6 heteroatoms. The van der Waals surface area contributed by atoms with E-state index in [1.807, 2.05) is 18.7 Å². The lowest BCUT2D eigenvalue weighted by atomic mass is 10.0. The summed E-state index contributed by atoms with van der Waals surface area (Å²) in [5.74, 6) is 1.57. The van der Waals surface area contributed by atoms with Crippen LogP contribution >= 0.6 is 11.9 Å². The molecule has 0 atom stereocenters. The smallest absolute Gasteiger partial charge is 0.145 e. The monoisotopic (exact) mass is 313 g/mol. The van der Waals surface area contributed by atoms with Crippen molar-refractivity contribution >= 4 is 28.8 Å². The van der Waals surface area contributed by atoms with E-state index in [9.17, 15) is 0 Å². The fourth-order valence-corrected chi connectivity index (χ4v) is 3.16. The van der Waals surface area contributed by atoms with Gasteiger partial charge < -0.3 is 10.3 Å². The van der Waals surface area contributed by atoms with Crippen LogP contribution in [-0.2, 0) is 13.5 Å². The van der Waals surface area contributed by atoms with Crippen molar-refractivity contribution in [2.24, 2.45) is 7.05 Å². The Kier molecular flexibility index (Phi) is 4.31. The SMILES string of the molecule is CNSCCc1cccc(-c2cn(C)c3ncnc(N)c23)c1. The zero-order valence-corrected chi connectivity index (χ0v) is 13.5. The summed E-state index contributed by atoms with van der Waals surface area (Å²) < 4.78 is 5.09. The number of aryl methyl sites for hydroxylation is 2. The molecule has 0 aliphatic carbocycles. The third kappa shape index (κ3) is 2.80. The molecule has 0 amide bonds. The number of aromatic nitrogens is 3. The van der Waals surface area contributed by atoms with Crippen molar-refractivity contribution in [2.45, 2.75) is 6.42 Å². The largest absolute Gasteiger partial charge is 0.383 e. The predicted molar refractivity (Wildman–Crippen MR) is 93.6 cm³/mol. The maximum atomic E-state index is 6.07. The highest BCUT2D eigenvalue weighted by molar-refractivity contribution is 7.97. The van der Waals surface area contributed by atoms with Gasteiger partial charge in [-0.25, -0.2) is 9.97 Å². The van der Waals surface area contributed by atoms with Gasteiger partial charge in [-0.1, -0.05) is 36.2 Å². The second-order valence-corrected chi connectivity index (χ2v) is 6.22. The minimum atomic E-state index is 0.525. The normalized spacial score (nSPS) is 11.2. The third-order valence-corrected chi connectivity index (χ3v) is 4.35. The Labute approximate surface area is 134 Å².